The van der Waals surface area contributed by atoms with E-state index in [0.717, 1.165) is 25.9 Å². The molecule has 0 spiro atoms. The molecule has 0 saturated carbocycles. The number of nitrogens with two attached hydrogens (primary N) is 1. The summed E-state index contributed by atoms with van der Waals surface area (Å²) in [5.74, 6) is -0.278. The minimum atomic E-state index is -0.258. The largest absolute Gasteiger partial charge is 0.399 e. The Hall–Kier alpha value is -1.75. The van der Waals surface area contributed by atoms with Gasteiger partial charge in [0.05, 0.1) is 6.54 Å². The molecule has 1 saturated heterocycles. The van der Waals surface area contributed by atoms with E-state index in [-0.39, 0.29) is 18.4 Å². The molecule has 0 atom stereocenters. The standard InChI is InChI=1S/C14H18ClN3O2/c1-17(9-13(19)18-4-2-3-5-18)14(20)10-6-11(15)8-12(16)7-10/h6-8H,2-5,9,16H2,1H3. The highest BCUT2D eigenvalue weighted by Crippen LogP contribution is 2.18. The van der Waals surface area contributed by atoms with Crippen molar-refractivity contribution in [1.29, 1.82) is 0 Å². The maximum absolute atomic E-state index is 12.2. The number of carbonyl (C=O) groups is 2. The first-order chi connectivity index (χ1) is 9.47. The molecule has 1 aliphatic heterocycles. The van der Waals surface area contributed by atoms with Crippen LogP contribution in [0.5, 0.6) is 0 Å². The van der Waals surface area contributed by atoms with Crippen LogP contribution >= 0.6 is 11.6 Å². The molecule has 1 aliphatic rings. The summed E-state index contributed by atoms with van der Waals surface area (Å²) in [5.41, 5.74) is 6.49. The highest BCUT2D eigenvalue weighted by atomic mass is 35.5. The third-order valence-corrected chi connectivity index (χ3v) is 3.56. The lowest BCUT2D eigenvalue weighted by molar-refractivity contribution is -0.130. The van der Waals surface area contributed by atoms with Gasteiger partial charge in [-0.25, -0.2) is 0 Å². The molecule has 0 aliphatic carbocycles. The zero-order chi connectivity index (χ0) is 14.7. The van der Waals surface area contributed by atoms with E-state index in [0.29, 0.717) is 16.3 Å². The van der Waals surface area contributed by atoms with Crippen LogP contribution < -0.4 is 5.73 Å². The van der Waals surface area contributed by atoms with Crippen LogP contribution in [0.15, 0.2) is 18.2 Å². The molecule has 0 radical (unpaired) electrons. The number of nitrogens with zero attached hydrogens (tertiary/aromatic N) is 2. The van der Waals surface area contributed by atoms with Crippen molar-refractivity contribution >= 4 is 29.1 Å². The van der Waals surface area contributed by atoms with Gasteiger partial charge in [0, 0.05) is 36.4 Å². The molecule has 0 aromatic heterocycles. The van der Waals surface area contributed by atoms with Crippen molar-refractivity contribution in [3.8, 4) is 0 Å². The second kappa shape index (κ2) is 6.13. The van der Waals surface area contributed by atoms with Gasteiger partial charge in [-0.1, -0.05) is 11.6 Å². The molecule has 20 heavy (non-hydrogen) atoms. The lowest BCUT2D eigenvalue weighted by Crippen LogP contribution is -2.39. The monoisotopic (exact) mass is 295 g/mol. The first-order valence-electron chi connectivity index (χ1n) is 6.56. The van der Waals surface area contributed by atoms with Gasteiger partial charge in [-0.3, -0.25) is 9.59 Å². The maximum atomic E-state index is 12.2. The van der Waals surface area contributed by atoms with Crippen LogP contribution in [0.1, 0.15) is 23.2 Å². The normalized spacial score (nSPS) is 14.4. The molecule has 2 amide bonds. The van der Waals surface area contributed by atoms with Crippen molar-refractivity contribution in [1.82, 2.24) is 9.80 Å². The number of anilines is 1. The Bertz CT molecular complexity index is 507. The van der Waals surface area contributed by atoms with Crippen LogP contribution in [0, 0.1) is 0 Å². The maximum Gasteiger partial charge on any atom is 0.254 e. The van der Waals surface area contributed by atoms with Crippen LogP contribution in [0.25, 0.3) is 0 Å². The number of nitrogen functional groups attached to an aromatic ring is 1. The number of rotatable bonds is 3. The second-order valence-electron chi connectivity index (χ2n) is 5.02. The molecular weight excluding hydrogens is 278 g/mol. The average Bonchev–Trinajstić information content (AvgIpc) is 2.90. The third kappa shape index (κ3) is 3.42. The minimum absolute atomic E-state index is 0.0200. The van der Waals surface area contributed by atoms with Crippen molar-refractivity contribution in [3.63, 3.8) is 0 Å². The summed E-state index contributed by atoms with van der Waals surface area (Å²) < 4.78 is 0. The van der Waals surface area contributed by atoms with Crippen LogP contribution in [-0.4, -0.2) is 48.3 Å². The van der Waals surface area contributed by atoms with E-state index in [9.17, 15) is 9.59 Å². The molecule has 1 aromatic rings. The zero-order valence-electron chi connectivity index (χ0n) is 11.4. The van der Waals surface area contributed by atoms with Crippen molar-refractivity contribution in [2.75, 3.05) is 32.4 Å². The van der Waals surface area contributed by atoms with Crippen molar-refractivity contribution in [2.24, 2.45) is 0 Å². The van der Waals surface area contributed by atoms with E-state index in [1.54, 1.807) is 30.1 Å². The fraction of sp³-hybridized carbons (Fsp3) is 0.429. The van der Waals surface area contributed by atoms with Crippen LogP contribution in [0.3, 0.4) is 0 Å². The number of amides is 2. The van der Waals surface area contributed by atoms with Gasteiger partial charge >= 0.3 is 0 Å². The highest BCUT2D eigenvalue weighted by molar-refractivity contribution is 6.31. The topological polar surface area (TPSA) is 66.6 Å². The molecule has 6 heteroatoms. The lowest BCUT2D eigenvalue weighted by atomic mass is 10.2. The van der Waals surface area contributed by atoms with Gasteiger partial charge in [-0.05, 0) is 31.0 Å². The summed E-state index contributed by atoms with van der Waals surface area (Å²) >= 11 is 5.88. The molecule has 1 heterocycles. The zero-order valence-corrected chi connectivity index (χ0v) is 12.2. The minimum Gasteiger partial charge on any atom is -0.399 e. The van der Waals surface area contributed by atoms with Gasteiger partial charge in [0.1, 0.15) is 0 Å². The number of hydrogen-bond acceptors (Lipinski definition) is 3. The summed E-state index contributed by atoms with van der Waals surface area (Å²) in [6, 6.07) is 4.69. The highest BCUT2D eigenvalue weighted by Gasteiger charge is 2.22. The van der Waals surface area contributed by atoms with Gasteiger partial charge in [-0.15, -0.1) is 0 Å². The Morgan fingerprint density at radius 2 is 1.95 bits per heavy atom. The summed E-state index contributed by atoms with van der Waals surface area (Å²) in [5, 5.41) is 0.410. The molecule has 0 unspecified atom stereocenters. The SMILES string of the molecule is CN(CC(=O)N1CCCC1)C(=O)c1cc(N)cc(Cl)c1. The molecule has 5 nitrogen and oxygen atoms in total. The molecule has 0 bridgehead atoms. The summed E-state index contributed by atoms with van der Waals surface area (Å²) in [6.45, 7) is 1.64. The van der Waals surface area contributed by atoms with Crippen LogP contribution in [0.2, 0.25) is 5.02 Å². The molecular formula is C14H18ClN3O2. The fourth-order valence-electron chi connectivity index (χ4n) is 2.30. The predicted octanol–water partition coefficient (Wildman–Crippen LogP) is 1.62. The van der Waals surface area contributed by atoms with Gasteiger partial charge in [0.2, 0.25) is 5.91 Å². The Balaban J connectivity index is 2.02. The Morgan fingerprint density at radius 1 is 1.30 bits per heavy atom. The predicted molar refractivity (Wildman–Crippen MR) is 78.6 cm³/mol. The Morgan fingerprint density at radius 3 is 2.55 bits per heavy atom. The first kappa shape index (κ1) is 14.7. The van der Waals surface area contributed by atoms with Gasteiger partial charge in [0.25, 0.3) is 5.91 Å². The molecule has 2 N–H and O–H groups in total. The molecule has 2 rings (SSSR count). The molecule has 108 valence electrons. The van der Waals surface area contributed by atoms with E-state index < -0.39 is 0 Å². The fourth-order valence-corrected chi connectivity index (χ4v) is 2.54. The van der Waals surface area contributed by atoms with Gasteiger partial charge in [0.15, 0.2) is 0 Å². The van der Waals surface area contributed by atoms with Crippen LogP contribution in [0.4, 0.5) is 5.69 Å². The third-order valence-electron chi connectivity index (χ3n) is 3.34. The molecule has 1 fully saturated rings. The Labute approximate surface area is 123 Å². The smallest absolute Gasteiger partial charge is 0.254 e. The van der Waals surface area contributed by atoms with Crippen molar-refractivity contribution in [2.45, 2.75) is 12.8 Å². The van der Waals surface area contributed by atoms with E-state index >= 15 is 0 Å². The van der Waals surface area contributed by atoms with E-state index in [1.807, 2.05) is 0 Å². The average molecular weight is 296 g/mol. The summed E-state index contributed by atoms with van der Waals surface area (Å²) in [4.78, 5) is 27.4. The van der Waals surface area contributed by atoms with Gasteiger partial charge < -0.3 is 15.5 Å². The number of carbonyl (C=O) groups excluding carboxylic acids is 2. The van der Waals surface area contributed by atoms with Crippen molar-refractivity contribution < 1.29 is 9.59 Å². The lowest BCUT2D eigenvalue weighted by Gasteiger charge is -2.21. The number of halogens is 1. The number of benzene rings is 1. The number of likely N-dealkylation sites (N-methyl/N-ethyl adjacent to an activating group) is 1. The Kier molecular flexibility index (Phi) is 4.49. The summed E-state index contributed by atoms with van der Waals surface area (Å²) in [6.07, 6.45) is 2.07. The second-order valence-corrected chi connectivity index (χ2v) is 5.46. The van der Waals surface area contributed by atoms with Crippen molar-refractivity contribution in [3.05, 3.63) is 28.8 Å². The quantitative estimate of drug-likeness (QED) is 0.862. The van der Waals surface area contributed by atoms with Crippen LogP contribution in [-0.2, 0) is 4.79 Å². The van der Waals surface area contributed by atoms with Gasteiger partial charge in [-0.2, -0.15) is 0 Å². The number of hydrogen-bond donors (Lipinski definition) is 1. The number of likely N-dealkylation sites (tertiary alicyclic amines) is 1. The van der Waals surface area contributed by atoms with E-state index in [1.165, 1.54) is 4.90 Å². The molecule has 1 aromatic carbocycles. The van der Waals surface area contributed by atoms with E-state index in [4.69, 9.17) is 17.3 Å². The first-order valence-corrected chi connectivity index (χ1v) is 6.94. The van der Waals surface area contributed by atoms with E-state index in [2.05, 4.69) is 0 Å². The summed E-state index contributed by atoms with van der Waals surface area (Å²) in [7, 11) is 1.60.